The van der Waals surface area contributed by atoms with Crippen molar-refractivity contribution >= 4 is 15.9 Å². The molecule has 2 N–H and O–H groups in total. The molecule has 1 aromatic rings. The first-order chi connectivity index (χ1) is 7.66. The van der Waals surface area contributed by atoms with Crippen LogP contribution in [0.3, 0.4) is 0 Å². The molecule has 0 heterocycles. The molecule has 16 heavy (non-hydrogen) atoms. The average Bonchev–Trinajstić information content (AvgIpc) is 2.23. The molecule has 1 saturated carbocycles. The van der Waals surface area contributed by atoms with Crippen molar-refractivity contribution in [1.29, 1.82) is 0 Å². The Morgan fingerprint density at radius 1 is 1.44 bits per heavy atom. The third-order valence-electron chi connectivity index (χ3n) is 3.30. The predicted octanol–water partition coefficient (Wildman–Crippen LogP) is 2.87. The number of nitrogens with one attached hydrogen (secondary N) is 1. The maximum absolute atomic E-state index is 9.21. The molecule has 3 heteroatoms. The highest BCUT2D eigenvalue weighted by atomic mass is 79.9. The Balaban J connectivity index is 1.84. The number of hydrogen-bond donors (Lipinski definition) is 2. The van der Waals surface area contributed by atoms with Crippen LogP contribution in [0, 0.1) is 5.92 Å². The van der Waals surface area contributed by atoms with Crippen LogP contribution in [-0.4, -0.2) is 17.8 Å². The SMILES string of the molecule is CC(NCC1CC(O)C1)c1ccccc1Br. The summed E-state index contributed by atoms with van der Waals surface area (Å²) in [6.45, 7) is 3.18. The van der Waals surface area contributed by atoms with Crippen LogP contribution in [-0.2, 0) is 0 Å². The molecule has 0 aromatic heterocycles. The predicted molar refractivity (Wildman–Crippen MR) is 69.3 cm³/mol. The van der Waals surface area contributed by atoms with E-state index in [0.29, 0.717) is 12.0 Å². The molecule has 1 aromatic carbocycles. The molecule has 0 saturated heterocycles. The monoisotopic (exact) mass is 283 g/mol. The summed E-state index contributed by atoms with van der Waals surface area (Å²) < 4.78 is 1.16. The van der Waals surface area contributed by atoms with Gasteiger partial charge in [0.1, 0.15) is 0 Å². The van der Waals surface area contributed by atoms with Gasteiger partial charge in [0.05, 0.1) is 6.10 Å². The maximum atomic E-state index is 9.21. The molecular formula is C13H18BrNO. The van der Waals surface area contributed by atoms with Crippen molar-refractivity contribution in [2.45, 2.75) is 31.9 Å². The van der Waals surface area contributed by atoms with Crippen molar-refractivity contribution in [1.82, 2.24) is 5.32 Å². The summed E-state index contributed by atoms with van der Waals surface area (Å²) >= 11 is 3.56. The lowest BCUT2D eigenvalue weighted by Crippen LogP contribution is -2.37. The second-order valence-electron chi connectivity index (χ2n) is 4.64. The molecule has 88 valence electrons. The first-order valence-corrected chi connectivity index (χ1v) is 6.62. The van der Waals surface area contributed by atoms with E-state index in [0.717, 1.165) is 23.9 Å². The summed E-state index contributed by atoms with van der Waals surface area (Å²) in [5.41, 5.74) is 1.29. The summed E-state index contributed by atoms with van der Waals surface area (Å²) in [5, 5.41) is 12.7. The smallest absolute Gasteiger partial charge is 0.0546 e. The van der Waals surface area contributed by atoms with Crippen LogP contribution < -0.4 is 5.32 Å². The molecule has 0 aliphatic heterocycles. The lowest BCUT2D eigenvalue weighted by atomic mass is 9.82. The van der Waals surface area contributed by atoms with Crippen molar-refractivity contribution < 1.29 is 5.11 Å². The van der Waals surface area contributed by atoms with Crippen molar-refractivity contribution in [2.24, 2.45) is 5.92 Å². The lowest BCUT2D eigenvalue weighted by Gasteiger charge is -2.32. The Morgan fingerprint density at radius 2 is 2.12 bits per heavy atom. The molecule has 1 fully saturated rings. The quantitative estimate of drug-likeness (QED) is 0.891. The Morgan fingerprint density at radius 3 is 2.75 bits per heavy atom. The van der Waals surface area contributed by atoms with Gasteiger partial charge in [0.2, 0.25) is 0 Å². The minimum atomic E-state index is -0.0504. The molecule has 2 rings (SSSR count). The van der Waals surface area contributed by atoms with Crippen LogP contribution in [0.15, 0.2) is 28.7 Å². The van der Waals surface area contributed by atoms with E-state index in [-0.39, 0.29) is 6.10 Å². The fourth-order valence-corrected chi connectivity index (χ4v) is 2.78. The van der Waals surface area contributed by atoms with Gasteiger partial charge in [0.25, 0.3) is 0 Å². The van der Waals surface area contributed by atoms with Crippen LogP contribution in [0.4, 0.5) is 0 Å². The van der Waals surface area contributed by atoms with Crippen molar-refractivity contribution in [2.75, 3.05) is 6.54 Å². The van der Waals surface area contributed by atoms with Crippen molar-refractivity contribution in [3.8, 4) is 0 Å². The summed E-state index contributed by atoms with van der Waals surface area (Å²) in [5.74, 6) is 0.653. The molecule has 0 amide bonds. The van der Waals surface area contributed by atoms with E-state index in [1.165, 1.54) is 5.56 Å². The molecule has 0 spiro atoms. The van der Waals surface area contributed by atoms with E-state index in [1.807, 2.05) is 6.07 Å². The summed E-state index contributed by atoms with van der Waals surface area (Å²) in [7, 11) is 0. The molecule has 1 atom stereocenters. The topological polar surface area (TPSA) is 32.3 Å². The first-order valence-electron chi connectivity index (χ1n) is 5.82. The number of aliphatic hydroxyl groups is 1. The van der Waals surface area contributed by atoms with Crippen molar-refractivity contribution in [3.05, 3.63) is 34.3 Å². The van der Waals surface area contributed by atoms with Gasteiger partial charge in [0, 0.05) is 10.5 Å². The fourth-order valence-electron chi connectivity index (χ4n) is 2.15. The van der Waals surface area contributed by atoms with E-state index >= 15 is 0 Å². The molecular weight excluding hydrogens is 266 g/mol. The normalized spacial score (nSPS) is 26.2. The van der Waals surface area contributed by atoms with Gasteiger partial charge in [-0.2, -0.15) is 0 Å². The zero-order valence-corrected chi connectivity index (χ0v) is 11.1. The third kappa shape index (κ3) is 2.84. The number of aliphatic hydroxyl groups excluding tert-OH is 1. The standard InChI is InChI=1S/C13H18BrNO/c1-9(12-4-2-3-5-13(12)14)15-8-10-6-11(16)7-10/h2-5,9-11,15-16H,6-8H2,1H3. The lowest BCUT2D eigenvalue weighted by molar-refractivity contribution is 0.0420. The van der Waals surface area contributed by atoms with E-state index in [4.69, 9.17) is 0 Å². The van der Waals surface area contributed by atoms with Gasteiger partial charge in [-0.15, -0.1) is 0 Å². The van der Waals surface area contributed by atoms with Crippen LogP contribution in [0.5, 0.6) is 0 Å². The number of halogens is 1. The van der Waals surface area contributed by atoms with Gasteiger partial charge in [0.15, 0.2) is 0 Å². The Kier molecular flexibility index (Phi) is 4.00. The molecule has 1 aliphatic rings. The minimum Gasteiger partial charge on any atom is -0.393 e. The molecule has 0 bridgehead atoms. The summed E-state index contributed by atoms with van der Waals surface area (Å²) in [6.07, 6.45) is 1.86. The zero-order chi connectivity index (χ0) is 11.5. The van der Waals surface area contributed by atoms with Crippen LogP contribution >= 0.6 is 15.9 Å². The van der Waals surface area contributed by atoms with Crippen LogP contribution in [0.2, 0.25) is 0 Å². The highest BCUT2D eigenvalue weighted by Crippen LogP contribution is 2.28. The molecule has 1 unspecified atom stereocenters. The van der Waals surface area contributed by atoms with Crippen molar-refractivity contribution in [3.63, 3.8) is 0 Å². The Hall–Kier alpha value is -0.380. The fraction of sp³-hybridized carbons (Fsp3) is 0.538. The van der Waals surface area contributed by atoms with E-state index in [2.05, 4.69) is 46.4 Å². The maximum Gasteiger partial charge on any atom is 0.0546 e. The van der Waals surface area contributed by atoms with Crippen LogP contribution in [0.1, 0.15) is 31.4 Å². The number of hydrogen-bond acceptors (Lipinski definition) is 2. The van der Waals surface area contributed by atoms with Gasteiger partial charge < -0.3 is 10.4 Å². The van der Waals surface area contributed by atoms with Gasteiger partial charge in [-0.25, -0.2) is 0 Å². The summed E-state index contributed by atoms with van der Waals surface area (Å²) in [4.78, 5) is 0. The summed E-state index contributed by atoms with van der Waals surface area (Å²) in [6, 6.07) is 8.65. The second kappa shape index (κ2) is 5.30. The van der Waals surface area contributed by atoms with E-state index in [9.17, 15) is 5.11 Å². The van der Waals surface area contributed by atoms with E-state index in [1.54, 1.807) is 0 Å². The first kappa shape index (κ1) is 12.1. The Labute approximate surface area is 105 Å². The van der Waals surface area contributed by atoms with Crippen LogP contribution in [0.25, 0.3) is 0 Å². The third-order valence-corrected chi connectivity index (χ3v) is 4.02. The van der Waals surface area contributed by atoms with E-state index < -0.39 is 0 Å². The molecule has 2 nitrogen and oxygen atoms in total. The van der Waals surface area contributed by atoms with Gasteiger partial charge >= 0.3 is 0 Å². The average molecular weight is 284 g/mol. The van der Waals surface area contributed by atoms with Gasteiger partial charge in [-0.3, -0.25) is 0 Å². The minimum absolute atomic E-state index is 0.0504. The molecule has 1 aliphatic carbocycles. The highest BCUT2D eigenvalue weighted by molar-refractivity contribution is 9.10. The zero-order valence-electron chi connectivity index (χ0n) is 9.49. The van der Waals surface area contributed by atoms with Gasteiger partial charge in [-0.1, -0.05) is 34.1 Å². The largest absolute Gasteiger partial charge is 0.393 e. The second-order valence-corrected chi connectivity index (χ2v) is 5.50. The Bertz CT molecular complexity index is 350. The van der Waals surface area contributed by atoms with Gasteiger partial charge in [-0.05, 0) is 43.9 Å². The highest BCUT2D eigenvalue weighted by Gasteiger charge is 2.27. The molecule has 0 radical (unpaired) electrons. The number of rotatable bonds is 4. The number of benzene rings is 1.